The number of rotatable bonds is 1. The van der Waals surface area contributed by atoms with E-state index in [1.807, 2.05) is 0 Å². The zero-order valence-corrected chi connectivity index (χ0v) is 8.39. The van der Waals surface area contributed by atoms with E-state index in [0.717, 1.165) is 12.1 Å². The molecule has 1 nitrogen and oxygen atoms in total. The maximum Gasteiger partial charge on any atom is 0.416 e. The number of aryl methyl sites for hydroxylation is 1. The van der Waals surface area contributed by atoms with Crippen molar-refractivity contribution in [2.24, 2.45) is 0 Å². The van der Waals surface area contributed by atoms with Crippen LogP contribution in [-0.4, -0.2) is 5.11 Å². The molecule has 0 spiro atoms. The number of hydrogen-bond acceptors (Lipinski definition) is 1. The highest BCUT2D eigenvalue weighted by molar-refractivity contribution is 5.56. The number of hydrogen-bond donors (Lipinski definition) is 1. The highest BCUT2D eigenvalue weighted by atomic mass is 19.4. The summed E-state index contributed by atoms with van der Waals surface area (Å²) in [5.74, 6) is -0.0163. The molecule has 1 N–H and O–H groups in total. The third-order valence-electron chi connectivity index (χ3n) is 1.97. The van der Waals surface area contributed by atoms with Gasteiger partial charge < -0.3 is 5.11 Å². The first-order valence-corrected chi connectivity index (χ1v) is 4.36. The van der Waals surface area contributed by atoms with Crippen LogP contribution in [0.2, 0.25) is 0 Å². The summed E-state index contributed by atoms with van der Waals surface area (Å²) in [6.45, 7) is 3.11. The molecule has 0 aliphatic carbocycles. The van der Waals surface area contributed by atoms with Crippen molar-refractivity contribution in [2.75, 3.05) is 0 Å². The molecule has 82 valence electrons. The average Bonchev–Trinajstić information content (AvgIpc) is 2.06. The second-order valence-corrected chi connectivity index (χ2v) is 3.35. The van der Waals surface area contributed by atoms with Crippen LogP contribution in [0.5, 0.6) is 0 Å². The van der Waals surface area contributed by atoms with Crippen molar-refractivity contribution >= 4 is 6.08 Å². The lowest BCUT2D eigenvalue weighted by molar-refractivity contribution is -0.137. The Morgan fingerprint density at radius 3 is 2.40 bits per heavy atom. The van der Waals surface area contributed by atoms with Crippen molar-refractivity contribution in [3.05, 3.63) is 40.6 Å². The third kappa shape index (κ3) is 3.01. The van der Waals surface area contributed by atoms with E-state index in [1.165, 1.54) is 19.1 Å². The molecule has 0 aliphatic rings. The van der Waals surface area contributed by atoms with E-state index in [4.69, 9.17) is 5.11 Å². The highest BCUT2D eigenvalue weighted by Crippen LogP contribution is 2.30. The number of halogens is 3. The first-order chi connectivity index (χ1) is 6.80. The Morgan fingerprint density at radius 2 is 1.93 bits per heavy atom. The number of aliphatic hydroxyl groups is 1. The third-order valence-corrected chi connectivity index (χ3v) is 1.97. The largest absolute Gasteiger partial charge is 0.513 e. The predicted molar refractivity (Wildman–Crippen MR) is 52.5 cm³/mol. The number of benzene rings is 1. The second-order valence-electron chi connectivity index (χ2n) is 3.35. The van der Waals surface area contributed by atoms with E-state index in [1.54, 1.807) is 6.92 Å². The fourth-order valence-corrected chi connectivity index (χ4v) is 1.20. The van der Waals surface area contributed by atoms with Crippen LogP contribution in [0.15, 0.2) is 24.0 Å². The first-order valence-electron chi connectivity index (χ1n) is 4.36. The van der Waals surface area contributed by atoms with Crippen molar-refractivity contribution < 1.29 is 18.3 Å². The van der Waals surface area contributed by atoms with Crippen LogP contribution in [0, 0.1) is 6.92 Å². The second kappa shape index (κ2) is 3.96. The quantitative estimate of drug-likeness (QED) is 0.705. The summed E-state index contributed by atoms with van der Waals surface area (Å²) in [5.41, 5.74) is 0.363. The van der Waals surface area contributed by atoms with E-state index in [2.05, 4.69) is 0 Å². The molecule has 0 heterocycles. The van der Waals surface area contributed by atoms with Gasteiger partial charge in [-0.2, -0.15) is 13.2 Å². The monoisotopic (exact) mass is 216 g/mol. The lowest BCUT2D eigenvalue weighted by Gasteiger charge is -2.09. The molecule has 0 aromatic heterocycles. The van der Waals surface area contributed by atoms with Gasteiger partial charge in [0.25, 0.3) is 0 Å². The first kappa shape index (κ1) is 11.6. The Morgan fingerprint density at radius 1 is 1.33 bits per heavy atom. The van der Waals surface area contributed by atoms with Gasteiger partial charge in [0, 0.05) is 0 Å². The summed E-state index contributed by atoms with van der Waals surface area (Å²) in [6.07, 6.45) is -3.04. The van der Waals surface area contributed by atoms with Crippen LogP contribution in [0.3, 0.4) is 0 Å². The van der Waals surface area contributed by atoms with Gasteiger partial charge in [-0.15, -0.1) is 0 Å². The van der Waals surface area contributed by atoms with Crippen LogP contribution in [-0.2, 0) is 6.18 Å². The van der Waals surface area contributed by atoms with Gasteiger partial charge >= 0.3 is 6.18 Å². The standard InChI is InChI=1S/C11H11F3O/c1-7-3-4-10(11(12,13)14)6-9(7)5-8(2)15/h3-6,15H,1-2H3/b8-5-. The zero-order chi connectivity index (χ0) is 11.6. The molecule has 4 heteroatoms. The molecule has 0 bridgehead atoms. The fourth-order valence-electron chi connectivity index (χ4n) is 1.20. The van der Waals surface area contributed by atoms with E-state index in [-0.39, 0.29) is 5.76 Å². The molecule has 0 unspecified atom stereocenters. The average molecular weight is 216 g/mol. The summed E-state index contributed by atoms with van der Waals surface area (Å²) < 4.78 is 37.1. The normalized spacial score (nSPS) is 13.0. The molecule has 1 aromatic rings. The maximum absolute atomic E-state index is 12.4. The Hall–Kier alpha value is -1.45. The van der Waals surface area contributed by atoms with E-state index < -0.39 is 11.7 Å². The lowest BCUT2D eigenvalue weighted by atomic mass is 10.0. The minimum absolute atomic E-state index is 0.0163. The summed E-state index contributed by atoms with van der Waals surface area (Å²) in [5, 5.41) is 9.00. The van der Waals surface area contributed by atoms with Gasteiger partial charge in [-0.3, -0.25) is 0 Å². The number of aliphatic hydroxyl groups excluding tert-OH is 1. The van der Waals surface area contributed by atoms with Gasteiger partial charge in [-0.25, -0.2) is 0 Å². The van der Waals surface area contributed by atoms with Crippen LogP contribution in [0.4, 0.5) is 13.2 Å². The smallest absolute Gasteiger partial charge is 0.416 e. The summed E-state index contributed by atoms with van der Waals surface area (Å²) in [7, 11) is 0. The molecule has 1 aromatic carbocycles. The number of alkyl halides is 3. The van der Waals surface area contributed by atoms with Crippen LogP contribution < -0.4 is 0 Å². The Kier molecular flexibility index (Phi) is 3.07. The van der Waals surface area contributed by atoms with Gasteiger partial charge in [0.15, 0.2) is 0 Å². The molecule has 0 saturated carbocycles. The Bertz CT molecular complexity index is 387. The van der Waals surface area contributed by atoms with Gasteiger partial charge in [-0.05, 0) is 43.2 Å². The van der Waals surface area contributed by atoms with Gasteiger partial charge in [-0.1, -0.05) is 6.07 Å². The number of allylic oxidation sites excluding steroid dienone is 1. The molecule has 0 atom stereocenters. The molecular formula is C11H11F3O. The topological polar surface area (TPSA) is 20.2 Å². The van der Waals surface area contributed by atoms with Gasteiger partial charge in [0.1, 0.15) is 0 Å². The summed E-state index contributed by atoms with van der Waals surface area (Å²) in [6, 6.07) is 3.44. The van der Waals surface area contributed by atoms with E-state index in [9.17, 15) is 13.2 Å². The maximum atomic E-state index is 12.4. The summed E-state index contributed by atoms with van der Waals surface area (Å²) >= 11 is 0. The SMILES string of the molecule is C/C(O)=C/c1cc(C(F)(F)F)ccc1C. The molecule has 0 aliphatic heterocycles. The Labute approximate surface area is 85.9 Å². The van der Waals surface area contributed by atoms with E-state index >= 15 is 0 Å². The van der Waals surface area contributed by atoms with Crippen molar-refractivity contribution in [3.63, 3.8) is 0 Å². The van der Waals surface area contributed by atoms with Gasteiger partial charge in [0.2, 0.25) is 0 Å². The van der Waals surface area contributed by atoms with E-state index in [0.29, 0.717) is 11.1 Å². The van der Waals surface area contributed by atoms with Crippen LogP contribution in [0.1, 0.15) is 23.6 Å². The van der Waals surface area contributed by atoms with Crippen molar-refractivity contribution in [3.8, 4) is 0 Å². The molecule has 0 radical (unpaired) electrons. The predicted octanol–water partition coefficient (Wildman–Crippen LogP) is 3.93. The molecular weight excluding hydrogens is 205 g/mol. The minimum Gasteiger partial charge on any atom is -0.513 e. The zero-order valence-electron chi connectivity index (χ0n) is 8.39. The van der Waals surface area contributed by atoms with Crippen molar-refractivity contribution in [2.45, 2.75) is 20.0 Å². The fraction of sp³-hybridized carbons (Fsp3) is 0.273. The van der Waals surface area contributed by atoms with Crippen LogP contribution in [0.25, 0.3) is 6.08 Å². The van der Waals surface area contributed by atoms with Gasteiger partial charge in [0.05, 0.1) is 11.3 Å². The lowest BCUT2D eigenvalue weighted by Crippen LogP contribution is -2.05. The minimum atomic E-state index is -4.35. The van der Waals surface area contributed by atoms with Crippen molar-refractivity contribution in [1.82, 2.24) is 0 Å². The molecule has 15 heavy (non-hydrogen) atoms. The molecule has 0 fully saturated rings. The summed E-state index contributed by atoms with van der Waals surface area (Å²) in [4.78, 5) is 0. The Balaban J connectivity index is 3.23. The molecule has 0 amide bonds. The van der Waals surface area contributed by atoms with Crippen molar-refractivity contribution in [1.29, 1.82) is 0 Å². The molecule has 1 rings (SSSR count). The molecule has 0 saturated heterocycles. The van der Waals surface area contributed by atoms with Crippen LogP contribution >= 0.6 is 0 Å². The highest BCUT2D eigenvalue weighted by Gasteiger charge is 2.30.